The third-order valence-electron chi connectivity index (χ3n) is 3.29. The van der Waals surface area contributed by atoms with E-state index in [-0.39, 0.29) is 5.75 Å². The van der Waals surface area contributed by atoms with Gasteiger partial charge in [0.05, 0.1) is 6.61 Å². The minimum atomic E-state index is -0.453. The highest BCUT2D eigenvalue weighted by molar-refractivity contribution is 5.74. The van der Waals surface area contributed by atoms with Gasteiger partial charge in [0.25, 0.3) is 0 Å². The van der Waals surface area contributed by atoms with E-state index in [4.69, 9.17) is 4.74 Å². The molecular weight excluding hydrogens is 219 g/mol. The Morgan fingerprint density at radius 3 is 2.71 bits per heavy atom. The predicted molar refractivity (Wildman–Crippen MR) is 63.9 cm³/mol. The van der Waals surface area contributed by atoms with E-state index in [2.05, 4.69) is 0 Å². The molecule has 0 unspecified atom stereocenters. The van der Waals surface area contributed by atoms with Crippen LogP contribution in [-0.2, 0) is 0 Å². The van der Waals surface area contributed by atoms with Crippen molar-refractivity contribution in [3.05, 3.63) is 29.6 Å². The summed E-state index contributed by atoms with van der Waals surface area (Å²) in [5, 5.41) is 0. The summed E-state index contributed by atoms with van der Waals surface area (Å²) in [6.07, 6.45) is 6.79. The van der Waals surface area contributed by atoms with Gasteiger partial charge in [0, 0.05) is 5.56 Å². The minimum Gasteiger partial charge on any atom is -0.490 e. The SMILES string of the molecule is O=Cc1ccc(OCC2CCCCC2)c(F)c1. The van der Waals surface area contributed by atoms with Gasteiger partial charge in [-0.3, -0.25) is 4.79 Å². The van der Waals surface area contributed by atoms with Crippen LogP contribution in [0.25, 0.3) is 0 Å². The van der Waals surface area contributed by atoms with Gasteiger partial charge in [-0.1, -0.05) is 19.3 Å². The summed E-state index contributed by atoms with van der Waals surface area (Å²) in [6.45, 7) is 0.581. The molecule has 17 heavy (non-hydrogen) atoms. The summed E-state index contributed by atoms with van der Waals surface area (Å²) in [4.78, 5) is 10.5. The molecule has 1 fully saturated rings. The number of carbonyl (C=O) groups is 1. The van der Waals surface area contributed by atoms with Gasteiger partial charge in [-0.25, -0.2) is 4.39 Å². The van der Waals surface area contributed by atoms with Crippen LogP contribution in [0.15, 0.2) is 18.2 Å². The average Bonchev–Trinajstić information content (AvgIpc) is 2.38. The van der Waals surface area contributed by atoms with Crippen molar-refractivity contribution in [2.75, 3.05) is 6.61 Å². The Kier molecular flexibility index (Phi) is 4.13. The number of carbonyl (C=O) groups excluding carboxylic acids is 1. The van der Waals surface area contributed by atoms with Crippen molar-refractivity contribution in [3.8, 4) is 5.75 Å². The smallest absolute Gasteiger partial charge is 0.165 e. The molecule has 0 N–H and O–H groups in total. The van der Waals surface area contributed by atoms with Gasteiger partial charge < -0.3 is 4.74 Å². The summed E-state index contributed by atoms with van der Waals surface area (Å²) < 4.78 is 19.0. The Hall–Kier alpha value is -1.38. The van der Waals surface area contributed by atoms with E-state index in [9.17, 15) is 9.18 Å². The van der Waals surface area contributed by atoms with Crippen LogP contribution >= 0.6 is 0 Å². The van der Waals surface area contributed by atoms with E-state index in [0.29, 0.717) is 24.4 Å². The zero-order valence-electron chi connectivity index (χ0n) is 9.82. The fourth-order valence-corrected chi connectivity index (χ4v) is 2.27. The maximum absolute atomic E-state index is 13.5. The largest absolute Gasteiger partial charge is 0.490 e. The second kappa shape index (κ2) is 5.80. The van der Waals surface area contributed by atoms with Gasteiger partial charge in [-0.15, -0.1) is 0 Å². The second-order valence-electron chi connectivity index (χ2n) is 4.62. The number of hydrogen-bond acceptors (Lipinski definition) is 2. The van der Waals surface area contributed by atoms with Gasteiger partial charge in [-0.2, -0.15) is 0 Å². The molecule has 0 aromatic heterocycles. The van der Waals surface area contributed by atoms with Gasteiger partial charge in [0.2, 0.25) is 0 Å². The molecule has 1 aliphatic rings. The number of ether oxygens (including phenoxy) is 1. The second-order valence-corrected chi connectivity index (χ2v) is 4.62. The molecule has 0 heterocycles. The Morgan fingerprint density at radius 1 is 1.29 bits per heavy atom. The van der Waals surface area contributed by atoms with Crippen molar-refractivity contribution in [3.63, 3.8) is 0 Å². The standard InChI is InChI=1S/C14H17FO2/c15-13-8-12(9-16)6-7-14(13)17-10-11-4-2-1-3-5-11/h6-9,11H,1-5,10H2. The van der Waals surface area contributed by atoms with Crippen LogP contribution in [-0.4, -0.2) is 12.9 Å². The molecule has 2 nitrogen and oxygen atoms in total. The van der Waals surface area contributed by atoms with Crippen LogP contribution in [0.5, 0.6) is 5.75 Å². The number of hydrogen-bond donors (Lipinski definition) is 0. The highest BCUT2D eigenvalue weighted by Gasteiger charge is 2.15. The first-order valence-electron chi connectivity index (χ1n) is 6.17. The Balaban J connectivity index is 1.91. The minimum absolute atomic E-state index is 0.251. The summed E-state index contributed by atoms with van der Waals surface area (Å²) >= 11 is 0. The summed E-state index contributed by atoms with van der Waals surface area (Å²) in [7, 11) is 0. The molecule has 0 bridgehead atoms. The Labute approximate surface area is 101 Å². The average molecular weight is 236 g/mol. The van der Waals surface area contributed by atoms with Crippen molar-refractivity contribution in [1.82, 2.24) is 0 Å². The molecule has 0 saturated heterocycles. The number of benzene rings is 1. The third-order valence-corrected chi connectivity index (χ3v) is 3.29. The molecular formula is C14H17FO2. The number of rotatable bonds is 4. The van der Waals surface area contributed by atoms with Crippen molar-refractivity contribution in [2.24, 2.45) is 5.92 Å². The van der Waals surface area contributed by atoms with Crippen molar-refractivity contribution >= 4 is 6.29 Å². The highest BCUT2D eigenvalue weighted by Crippen LogP contribution is 2.25. The first kappa shape index (κ1) is 12.1. The third kappa shape index (κ3) is 3.29. The fourth-order valence-electron chi connectivity index (χ4n) is 2.27. The van der Waals surface area contributed by atoms with E-state index < -0.39 is 5.82 Å². The lowest BCUT2D eigenvalue weighted by molar-refractivity contribution is 0.112. The molecule has 2 rings (SSSR count). The molecule has 92 valence electrons. The van der Waals surface area contributed by atoms with E-state index in [0.717, 1.165) is 0 Å². The monoisotopic (exact) mass is 236 g/mol. The first-order chi connectivity index (χ1) is 8.29. The van der Waals surface area contributed by atoms with Crippen LogP contribution in [0.2, 0.25) is 0 Å². The quantitative estimate of drug-likeness (QED) is 0.747. The normalized spacial score (nSPS) is 16.8. The molecule has 0 aliphatic heterocycles. The molecule has 0 radical (unpaired) electrons. The summed E-state index contributed by atoms with van der Waals surface area (Å²) in [5.41, 5.74) is 0.340. The van der Waals surface area contributed by atoms with Crippen molar-refractivity contribution < 1.29 is 13.9 Å². The van der Waals surface area contributed by atoms with Crippen LogP contribution in [0, 0.1) is 11.7 Å². The topological polar surface area (TPSA) is 26.3 Å². The van der Waals surface area contributed by atoms with Crippen LogP contribution < -0.4 is 4.74 Å². The molecule has 3 heteroatoms. The van der Waals surface area contributed by atoms with E-state index >= 15 is 0 Å². The van der Waals surface area contributed by atoms with E-state index in [1.807, 2.05) is 0 Å². The number of halogens is 1. The molecule has 1 aromatic carbocycles. The van der Waals surface area contributed by atoms with E-state index in [1.54, 1.807) is 6.07 Å². The Morgan fingerprint density at radius 2 is 2.06 bits per heavy atom. The molecule has 0 atom stereocenters. The van der Waals surface area contributed by atoms with Gasteiger partial charge in [0.15, 0.2) is 11.6 Å². The molecule has 0 amide bonds. The van der Waals surface area contributed by atoms with E-state index in [1.165, 1.54) is 44.2 Å². The van der Waals surface area contributed by atoms with Gasteiger partial charge >= 0.3 is 0 Å². The van der Waals surface area contributed by atoms with Gasteiger partial charge in [-0.05, 0) is 37.0 Å². The molecule has 1 aromatic rings. The zero-order valence-corrected chi connectivity index (χ0v) is 9.82. The summed E-state index contributed by atoms with van der Waals surface area (Å²) in [6, 6.07) is 4.32. The first-order valence-corrected chi connectivity index (χ1v) is 6.17. The maximum Gasteiger partial charge on any atom is 0.165 e. The van der Waals surface area contributed by atoms with Crippen molar-refractivity contribution in [1.29, 1.82) is 0 Å². The number of aldehydes is 1. The lowest BCUT2D eigenvalue weighted by Crippen LogP contribution is -2.15. The maximum atomic E-state index is 13.5. The lowest BCUT2D eigenvalue weighted by Gasteiger charge is -2.21. The zero-order chi connectivity index (χ0) is 12.1. The molecule has 1 saturated carbocycles. The molecule has 0 spiro atoms. The lowest BCUT2D eigenvalue weighted by atomic mass is 9.90. The highest BCUT2D eigenvalue weighted by atomic mass is 19.1. The van der Waals surface area contributed by atoms with Crippen LogP contribution in [0.1, 0.15) is 42.5 Å². The Bertz CT molecular complexity index is 384. The fraction of sp³-hybridized carbons (Fsp3) is 0.500. The van der Waals surface area contributed by atoms with Gasteiger partial charge in [0.1, 0.15) is 6.29 Å². The van der Waals surface area contributed by atoms with Crippen LogP contribution in [0.3, 0.4) is 0 Å². The molecule has 1 aliphatic carbocycles. The summed E-state index contributed by atoms with van der Waals surface area (Å²) in [5.74, 6) is 0.348. The predicted octanol–water partition coefficient (Wildman–Crippen LogP) is 3.60. The van der Waals surface area contributed by atoms with Crippen molar-refractivity contribution in [2.45, 2.75) is 32.1 Å². The van der Waals surface area contributed by atoms with Crippen LogP contribution in [0.4, 0.5) is 4.39 Å².